The molecule has 0 spiro atoms. The first kappa shape index (κ1) is 13.3. The number of benzene rings is 1. The van der Waals surface area contributed by atoms with Crippen molar-refractivity contribution < 1.29 is 17.7 Å². The van der Waals surface area contributed by atoms with Gasteiger partial charge in [0.25, 0.3) is 5.82 Å². The van der Waals surface area contributed by atoms with Gasteiger partial charge in [-0.05, 0) is 12.1 Å². The summed E-state index contributed by atoms with van der Waals surface area (Å²) in [4.78, 5) is 18.3. The van der Waals surface area contributed by atoms with E-state index in [-0.39, 0.29) is 18.0 Å². The fraction of sp³-hybridized carbons (Fsp3) is 0.111. The van der Waals surface area contributed by atoms with Gasteiger partial charge in [0.2, 0.25) is 0 Å². The number of hydrogen-bond donors (Lipinski definition) is 2. The molecule has 0 atom stereocenters. The van der Waals surface area contributed by atoms with Gasteiger partial charge in [-0.2, -0.15) is 4.98 Å². The molecule has 0 saturated carbocycles. The lowest BCUT2D eigenvalue weighted by Crippen LogP contribution is -3.00. The van der Waals surface area contributed by atoms with Gasteiger partial charge in [0, 0.05) is 5.02 Å². The predicted molar refractivity (Wildman–Crippen MR) is 59.9 cm³/mol. The van der Waals surface area contributed by atoms with Gasteiger partial charge in [0.1, 0.15) is 0 Å². The molecule has 2 rings (SSSR count). The van der Waals surface area contributed by atoms with Crippen molar-refractivity contribution in [3.63, 3.8) is 0 Å². The van der Waals surface area contributed by atoms with Gasteiger partial charge < -0.3 is 17.4 Å². The second-order valence-electron chi connectivity index (χ2n) is 3.02. The molecule has 0 aliphatic heterocycles. The van der Waals surface area contributed by atoms with Gasteiger partial charge in [0.05, 0.1) is 23.1 Å². The molecule has 2 aromatic rings. The molecule has 1 aromatic carbocycles. The Morgan fingerprint density at radius 3 is 2.69 bits per heavy atom. The topological polar surface area (TPSA) is 62.4 Å². The third kappa shape index (κ3) is 2.30. The van der Waals surface area contributed by atoms with Gasteiger partial charge in [-0.1, -0.05) is 23.2 Å². The molecule has 0 bridgehead atoms. The van der Waals surface area contributed by atoms with E-state index < -0.39 is 0 Å². The number of rotatable bonds is 1. The van der Waals surface area contributed by atoms with E-state index in [9.17, 15) is 4.79 Å². The number of nitrogens with zero attached hydrogens (tertiary/aromatic N) is 1. The van der Waals surface area contributed by atoms with Crippen molar-refractivity contribution in [3.05, 3.63) is 32.5 Å². The van der Waals surface area contributed by atoms with Crippen LogP contribution in [0.3, 0.4) is 0 Å². The second kappa shape index (κ2) is 5.01. The van der Waals surface area contributed by atoms with E-state index in [1.165, 1.54) is 0 Å². The molecule has 0 fully saturated rings. The molecule has 16 heavy (non-hydrogen) atoms. The van der Waals surface area contributed by atoms with E-state index in [1.54, 1.807) is 24.5 Å². The second-order valence-corrected chi connectivity index (χ2v) is 3.87. The predicted octanol–water partition coefficient (Wildman–Crippen LogP) is -1.94. The molecule has 0 aliphatic rings. The average Bonchev–Trinajstić information content (AvgIpc) is 2.18. The van der Waals surface area contributed by atoms with E-state index in [0.29, 0.717) is 26.9 Å². The number of H-pyrrole nitrogens is 1. The van der Waals surface area contributed by atoms with Crippen LogP contribution in [0, 0.1) is 0 Å². The maximum atomic E-state index is 11.5. The third-order valence-electron chi connectivity index (χ3n) is 2.02. The molecule has 0 aliphatic carbocycles. The number of aromatic amines is 1. The Kier molecular flexibility index (Phi) is 4.15. The first-order chi connectivity index (χ1) is 7.11. The Morgan fingerprint density at radius 1 is 1.38 bits per heavy atom. The van der Waals surface area contributed by atoms with Crippen LogP contribution in [0.5, 0.6) is 0 Å². The van der Waals surface area contributed by atoms with Crippen LogP contribution in [-0.2, 0) is 0 Å². The van der Waals surface area contributed by atoms with Crippen LogP contribution < -0.4 is 23.3 Å². The molecule has 1 aromatic heterocycles. The zero-order valence-electron chi connectivity index (χ0n) is 8.22. The van der Waals surface area contributed by atoms with Crippen molar-refractivity contribution >= 4 is 40.1 Å². The minimum atomic E-state index is -0.255. The van der Waals surface area contributed by atoms with Gasteiger partial charge in [-0.15, -0.1) is 0 Å². The van der Waals surface area contributed by atoms with Crippen LogP contribution in [0.25, 0.3) is 11.0 Å². The Labute approximate surface area is 107 Å². The average molecular weight is 281 g/mol. The first-order valence-electron chi connectivity index (χ1n) is 4.30. The number of nitrogens with one attached hydrogen (secondary N) is 1. The van der Waals surface area contributed by atoms with Crippen LogP contribution in [0.1, 0.15) is 0 Å². The first-order valence-corrected chi connectivity index (χ1v) is 5.06. The minimum Gasteiger partial charge on any atom is -1.00 e. The normalized spacial score (nSPS) is 10.2. The molecule has 0 saturated heterocycles. The van der Waals surface area contributed by atoms with Crippen LogP contribution in [0.15, 0.2) is 16.9 Å². The zero-order chi connectivity index (χ0) is 11.0. The van der Waals surface area contributed by atoms with Crippen LogP contribution in [-0.4, -0.2) is 17.0 Å². The number of fused-ring (bicyclic) bond motifs is 1. The fourth-order valence-electron chi connectivity index (χ4n) is 1.33. The molecular formula is C9H8Cl3N3O. The molecule has 0 unspecified atom stereocenters. The number of halogens is 3. The van der Waals surface area contributed by atoms with Crippen LogP contribution in [0.4, 0.5) is 5.82 Å². The van der Waals surface area contributed by atoms with Crippen LogP contribution in [0.2, 0.25) is 10.0 Å². The Morgan fingerprint density at radius 2 is 2.06 bits per heavy atom. The molecule has 7 heteroatoms. The van der Waals surface area contributed by atoms with Gasteiger partial charge in [-0.3, -0.25) is 10.1 Å². The highest BCUT2D eigenvalue weighted by atomic mass is 35.5. The standard InChI is InChI=1S/C9H7Cl2N3O.ClH/c1-12-8-9(15)14-7-5(11)2-4(10)3-6(7)13-8;/h2-3H,1H3,(H,12,13)(H,14,15);1H. The van der Waals surface area contributed by atoms with Gasteiger partial charge in [0.15, 0.2) is 0 Å². The van der Waals surface area contributed by atoms with Gasteiger partial charge >= 0.3 is 5.56 Å². The summed E-state index contributed by atoms with van der Waals surface area (Å²) < 4.78 is 0. The van der Waals surface area contributed by atoms with E-state index in [1.807, 2.05) is 0 Å². The number of quaternary nitrogens is 1. The minimum absolute atomic E-state index is 0. The molecule has 86 valence electrons. The summed E-state index contributed by atoms with van der Waals surface area (Å²) in [6.07, 6.45) is 0. The fourth-order valence-corrected chi connectivity index (χ4v) is 1.86. The van der Waals surface area contributed by atoms with Crippen molar-refractivity contribution in [1.82, 2.24) is 9.97 Å². The van der Waals surface area contributed by atoms with Crippen molar-refractivity contribution in [2.75, 3.05) is 7.05 Å². The quantitative estimate of drug-likeness (QED) is 0.638. The summed E-state index contributed by atoms with van der Waals surface area (Å²) in [5.41, 5.74) is 0.839. The summed E-state index contributed by atoms with van der Waals surface area (Å²) in [7, 11) is 1.75. The Bertz CT molecular complexity index is 582. The Hall–Kier alpha value is -0.810. The van der Waals surface area contributed by atoms with Crippen molar-refractivity contribution in [2.24, 2.45) is 0 Å². The Balaban J connectivity index is 0.00000128. The SMILES string of the molecule is C[NH2+]c1nc2cc(Cl)cc(Cl)c2[nH]c1=O.[Cl-]. The van der Waals surface area contributed by atoms with E-state index in [2.05, 4.69) is 9.97 Å². The lowest BCUT2D eigenvalue weighted by molar-refractivity contribution is -0.544. The largest absolute Gasteiger partial charge is 1.00 e. The molecule has 4 nitrogen and oxygen atoms in total. The number of hydrogen-bond acceptors (Lipinski definition) is 2. The summed E-state index contributed by atoms with van der Waals surface area (Å²) in [5, 5.41) is 2.52. The molecule has 0 amide bonds. The molecule has 3 N–H and O–H groups in total. The lowest BCUT2D eigenvalue weighted by atomic mass is 10.3. The zero-order valence-corrected chi connectivity index (χ0v) is 10.5. The molecule has 0 radical (unpaired) electrons. The van der Waals surface area contributed by atoms with Crippen LogP contribution >= 0.6 is 23.2 Å². The number of nitrogens with two attached hydrogens (primary N) is 1. The van der Waals surface area contributed by atoms with E-state index >= 15 is 0 Å². The van der Waals surface area contributed by atoms with Crippen molar-refractivity contribution in [2.45, 2.75) is 0 Å². The monoisotopic (exact) mass is 279 g/mol. The number of aromatic nitrogens is 2. The lowest BCUT2D eigenvalue weighted by Gasteiger charge is -2.01. The highest BCUT2D eigenvalue weighted by Gasteiger charge is 2.09. The molecular weight excluding hydrogens is 272 g/mol. The van der Waals surface area contributed by atoms with Crippen molar-refractivity contribution in [1.29, 1.82) is 0 Å². The summed E-state index contributed by atoms with van der Waals surface area (Å²) in [5.74, 6) is 0.362. The summed E-state index contributed by atoms with van der Waals surface area (Å²) in [6.45, 7) is 0. The smallest absolute Gasteiger partial charge is 0.330 e. The third-order valence-corrected chi connectivity index (χ3v) is 2.54. The van der Waals surface area contributed by atoms with E-state index in [0.717, 1.165) is 0 Å². The maximum absolute atomic E-state index is 11.5. The summed E-state index contributed by atoms with van der Waals surface area (Å²) in [6, 6.07) is 3.23. The molecule has 1 heterocycles. The maximum Gasteiger partial charge on any atom is 0.330 e. The highest BCUT2D eigenvalue weighted by Crippen LogP contribution is 2.24. The van der Waals surface area contributed by atoms with Crippen molar-refractivity contribution in [3.8, 4) is 0 Å². The summed E-state index contributed by atoms with van der Waals surface area (Å²) >= 11 is 11.8. The van der Waals surface area contributed by atoms with Gasteiger partial charge in [-0.25, -0.2) is 0 Å². The van der Waals surface area contributed by atoms with E-state index in [4.69, 9.17) is 23.2 Å². The highest BCUT2D eigenvalue weighted by molar-refractivity contribution is 6.38.